The molecule has 1 aromatic carbocycles. The molecule has 2 aromatic rings. The van der Waals surface area contributed by atoms with Crippen LogP contribution in [0.4, 0.5) is 0 Å². The Balaban J connectivity index is 2.61. The molecule has 1 heterocycles. The second kappa shape index (κ2) is 5.36. The molecular formula is C15H19N3O. The van der Waals surface area contributed by atoms with Gasteiger partial charge in [0.15, 0.2) is 0 Å². The largest absolute Gasteiger partial charge is 0.496 e. The highest BCUT2D eigenvalue weighted by molar-refractivity contribution is 5.71. The first-order valence-electron chi connectivity index (χ1n) is 6.27. The Morgan fingerprint density at radius 3 is 2.63 bits per heavy atom. The highest BCUT2D eigenvalue weighted by Gasteiger charge is 2.13. The smallest absolute Gasteiger partial charge is 0.145 e. The summed E-state index contributed by atoms with van der Waals surface area (Å²) in [6.45, 7) is 5.98. The van der Waals surface area contributed by atoms with Crippen molar-refractivity contribution in [3.63, 3.8) is 0 Å². The van der Waals surface area contributed by atoms with Crippen LogP contribution < -0.4 is 10.5 Å². The molecule has 0 aliphatic rings. The number of rotatable bonds is 3. The van der Waals surface area contributed by atoms with Crippen LogP contribution in [0, 0.1) is 13.8 Å². The molecule has 4 heteroatoms. The molecule has 0 aliphatic carbocycles. The maximum atomic E-state index is 5.84. The summed E-state index contributed by atoms with van der Waals surface area (Å²) >= 11 is 0. The SMILES string of the molecule is COc1cc(C)cc(C)c1-c1ccnc(C(C)N)n1. The van der Waals surface area contributed by atoms with Gasteiger partial charge in [-0.1, -0.05) is 6.07 Å². The van der Waals surface area contributed by atoms with Gasteiger partial charge in [0.25, 0.3) is 0 Å². The third-order valence-corrected chi connectivity index (χ3v) is 3.00. The quantitative estimate of drug-likeness (QED) is 0.918. The van der Waals surface area contributed by atoms with Crippen LogP contribution in [-0.4, -0.2) is 17.1 Å². The normalized spacial score (nSPS) is 12.3. The van der Waals surface area contributed by atoms with E-state index in [-0.39, 0.29) is 6.04 Å². The van der Waals surface area contributed by atoms with E-state index in [4.69, 9.17) is 10.5 Å². The topological polar surface area (TPSA) is 61.0 Å². The Labute approximate surface area is 113 Å². The lowest BCUT2D eigenvalue weighted by atomic mass is 10.0. The lowest BCUT2D eigenvalue weighted by Gasteiger charge is -2.13. The summed E-state index contributed by atoms with van der Waals surface area (Å²) in [6.07, 6.45) is 1.74. The van der Waals surface area contributed by atoms with Crippen LogP contribution in [0.5, 0.6) is 5.75 Å². The van der Waals surface area contributed by atoms with E-state index in [0.29, 0.717) is 5.82 Å². The van der Waals surface area contributed by atoms with E-state index in [1.165, 1.54) is 5.56 Å². The number of hydrogen-bond donors (Lipinski definition) is 1. The van der Waals surface area contributed by atoms with Crippen LogP contribution in [0.3, 0.4) is 0 Å². The van der Waals surface area contributed by atoms with Gasteiger partial charge in [-0.3, -0.25) is 0 Å². The van der Waals surface area contributed by atoms with Gasteiger partial charge in [-0.2, -0.15) is 0 Å². The Morgan fingerprint density at radius 2 is 2.00 bits per heavy atom. The number of aryl methyl sites for hydroxylation is 2. The van der Waals surface area contributed by atoms with Gasteiger partial charge in [-0.05, 0) is 44.0 Å². The fourth-order valence-electron chi connectivity index (χ4n) is 2.15. The van der Waals surface area contributed by atoms with Gasteiger partial charge in [-0.25, -0.2) is 9.97 Å². The Bertz CT molecular complexity index is 594. The number of hydrogen-bond acceptors (Lipinski definition) is 4. The monoisotopic (exact) mass is 257 g/mol. The third kappa shape index (κ3) is 2.74. The summed E-state index contributed by atoms with van der Waals surface area (Å²) in [6, 6.07) is 5.82. The maximum Gasteiger partial charge on any atom is 0.145 e. The molecule has 0 amide bonds. The summed E-state index contributed by atoms with van der Waals surface area (Å²) < 4.78 is 5.47. The van der Waals surface area contributed by atoms with Crippen molar-refractivity contribution in [1.29, 1.82) is 0 Å². The number of methoxy groups -OCH3 is 1. The van der Waals surface area contributed by atoms with Crippen molar-refractivity contribution < 1.29 is 4.74 Å². The molecule has 4 nitrogen and oxygen atoms in total. The number of benzene rings is 1. The van der Waals surface area contributed by atoms with Crippen molar-refractivity contribution in [2.75, 3.05) is 7.11 Å². The first-order chi connectivity index (χ1) is 9.02. The van der Waals surface area contributed by atoms with Crippen molar-refractivity contribution in [2.24, 2.45) is 5.73 Å². The predicted octanol–water partition coefficient (Wildman–Crippen LogP) is 2.79. The highest BCUT2D eigenvalue weighted by Crippen LogP contribution is 2.33. The summed E-state index contributed by atoms with van der Waals surface area (Å²) in [7, 11) is 1.67. The highest BCUT2D eigenvalue weighted by atomic mass is 16.5. The van der Waals surface area contributed by atoms with Gasteiger partial charge in [0.05, 0.1) is 18.8 Å². The van der Waals surface area contributed by atoms with Crippen LogP contribution in [0.15, 0.2) is 24.4 Å². The molecule has 19 heavy (non-hydrogen) atoms. The van der Waals surface area contributed by atoms with Gasteiger partial charge < -0.3 is 10.5 Å². The van der Waals surface area contributed by atoms with Gasteiger partial charge in [0, 0.05) is 11.8 Å². The Hall–Kier alpha value is -1.94. The lowest BCUT2D eigenvalue weighted by Crippen LogP contribution is -2.10. The Kier molecular flexibility index (Phi) is 3.81. The zero-order valence-corrected chi connectivity index (χ0v) is 11.8. The minimum atomic E-state index is -0.184. The van der Waals surface area contributed by atoms with Crippen LogP contribution >= 0.6 is 0 Å². The summed E-state index contributed by atoms with van der Waals surface area (Å²) in [4.78, 5) is 8.72. The van der Waals surface area contributed by atoms with Crippen molar-refractivity contribution in [1.82, 2.24) is 9.97 Å². The molecule has 1 aromatic heterocycles. The standard InChI is InChI=1S/C15H19N3O/c1-9-7-10(2)14(13(8-9)19-4)12-5-6-17-15(18-12)11(3)16/h5-8,11H,16H2,1-4H3. The molecule has 100 valence electrons. The van der Waals surface area contributed by atoms with Crippen LogP contribution in [-0.2, 0) is 0 Å². The summed E-state index contributed by atoms with van der Waals surface area (Å²) in [5, 5.41) is 0. The van der Waals surface area contributed by atoms with E-state index in [1.807, 2.05) is 26.0 Å². The number of nitrogens with two attached hydrogens (primary N) is 1. The Morgan fingerprint density at radius 1 is 1.26 bits per heavy atom. The molecule has 0 radical (unpaired) electrons. The van der Waals surface area contributed by atoms with Gasteiger partial charge in [0.2, 0.25) is 0 Å². The third-order valence-electron chi connectivity index (χ3n) is 3.00. The van der Waals surface area contributed by atoms with Crippen LogP contribution in [0.1, 0.15) is 29.9 Å². The molecule has 0 saturated carbocycles. The van der Waals surface area contributed by atoms with E-state index in [2.05, 4.69) is 23.0 Å². The van der Waals surface area contributed by atoms with E-state index < -0.39 is 0 Å². The maximum absolute atomic E-state index is 5.84. The van der Waals surface area contributed by atoms with E-state index in [9.17, 15) is 0 Å². The molecular weight excluding hydrogens is 238 g/mol. The molecule has 1 unspecified atom stereocenters. The molecule has 0 bridgehead atoms. The average Bonchev–Trinajstić information content (AvgIpc) is 2.37. The van der Waals surface area contributed by atoms with Crippen molar-refractivity contribution >= 4 is 0 Å². The fraction of sp³-hybridized carbons (Fsp3) is 0.333. The van der Waals surface area contributed by atoms with Crippen molar-refractivity contribution in [3.05, 3.63) is 41.3 Å². The van der Waals surface area contributed by atoms with Gasteiger partial charge in [0.1, 0.15) is 11.6 Å². The molecule has 0 fully saturated rings. The first-order valence-corrected chi connectivity index (χ1v) is 6.27. The average molecular weight is 257 g/mol. The second-order valence-electron chi connectivity index (χ2n) is 4.75. The van der Waals surface area contributed by atoms with Gasteiger partial charge in [-0.15, -0.1) is 0 Å². The van der Waals surface area contributed by atoms with E-state index in [1.54, 1.807) is 13.3 Å². The van der Waals surface area contributed by atoms with Crippen molar-refractivity contribution in [2.45, 2.75) is 26.8 Å². The van der Waals surface area contributed by atoms with Crippen molar-refractivity contribution in [3.8, 4) is 17.0 Å². The minimum Gasteiger partial charge on any atom is -0.496 e. The molecule has 0 saturated heterocycles. The summed E-state index contributed by atoms with van der Waals surface area (Å²) in [5.41, 5.74) is 9.98. The molecule has 0 aliphatic heterocycles. The van der Waals surface area contributed by atoms with Gasteiger partial charge >= 0.3 is 0 Å². The molecule has 1 atom stereocenters. The number of ether oxygens (including phenoxy) is 1. The zero-order valence-electron chi connectivity index (χ0n) is 11.8. The number of aromatic nitrogens is 2. The van der Waals surface area contributed by atoms with Crippen LogP contribution in [0.25, 0.3) is 11.3 Å². The van der Waals surface area contributed by atoms with E-state index >= 15 is 0 Å². The molecule has 2 rings (SSSR count). The zero-order chi connectivity index (χ0) is 14.0. The molecule has 0 spiro atoms. The molecule has 2 N–H and O–H groups in total. The van der Waals surface area contributed by atoms with Crippen LogP contribution in [0.2, 0.25) is 0 Å². The predicted molar refractivity (Wildman–Crippen MR) is 76.1 cm³/mol. The second-order valence-corrected chi connectivity index (χ2v) is 4.75. The number of nitrogens with zero attached hydrogens (tertiary/aromatic N) is 2. The lowest BCUT2D eigenvalue weighted by molar-refractivity contribution is 0.415. The van der Waals surface area contributed by atoms with E-state index in [0.717, 1.165) is 22.6 Å². The summed E-state index contributed by atoms with van der Waals surface area (Å²) in [5.74, 6) is 1.46. The fourth-order valence-corrected chi connectivity index (χ4v) is 2.15. The first kappa shape index (κ1) is 13.5. The minimum absolute atomic E-state index is 0.184.